The molecule has 2 rings (SSSR count). The summed E-state index contributed by atoms with van der Waals surface area (Å²) in [5.41, 5.74) is 2.54. The summed E-state index contributed by atoms with van der Waals surface area (Å²) in [5, 5.41) is 2.84. The molecule has 7 heteroatoms. The molecule has 0 aliphatic heterocycles. The predicted molar refractivity (Wildman–Crippen MR) is 108 cm³/mol. The first-order valence-electron chi connectivity index (χ1n) is 8.74. The summed E-state index contributed by atoms with van der Waals surface area (Å²) in [7, 11) is -1.85. The Hall–Kier alpha value is -2.54. The number of nitrogens with zero attached hydrogens (tertiary/aromatic N) is 1. The number of aryl methyl sites for hydroxylation is 1. The quantitative estimate of drug-likeness (QED) is 0.714. The zero-order valence-corrected chi connectivity index (χ0v) is 16.8. The zero-order chi connectivity index (χ0) is 19.9. The van der Waals surface area contributed by atoms with Crippen molar-refractivity contribution in [2.75, 3.05) is 30.8 Å². The van der Waals surface area contributed by atoms with E-state index in [1.54, 1.807) is 25.3 Å². The van der Waals surface area contributed by atoms with E-state index in [4.69, 9.17) is 4.74 Å². The molecule has 0 heterocycles. The summed E-state index contributed by atoms with van der Waals surface area (Å²) in [5.74, 6) is 0.598. The lowest BCUT2D eigenvalue weighted by Gasteiger charge is -2.22. The van der Waals surface area contributed by atoms with Gasteiger partial charge in [0.1, 0.15) is 5.75 Å². The Labute approximate surface area is 161 Å². The Morgan fingerprint density at radius 3 is 2.56 bits per heavy atom. The highest BCUT2D eigenvalue weighted by Crippen LogP contribution is 2.19. The lowest BCUT2D eigenvalue weighted by atomic mass is 10.1. The van der Waals surface area contributed by atoms with Gasteiger partial charge in [0, 0.05) is 19.5 Å². The molecule has 2 aromatic carbocycles. The van der Waals surface area contributed by atoms with Crippen molar-refractivity contribution in [2.24, 2.45) is 0 Å². The van der Waals surface area contributed by atoms with Gasteiger partial charge in [0.2, 0.25) is 15.9 Å². The number of carbonyl (C=O) groups is 1. The minimum absolute atomic E-state index is 0.0902. The molecule has 1 amide bonds. The second kappa shape index (κ2) is 9.41. The zero-order valence-electron chi connectivity index (χ0n) is 15.9. The number of methoxy groups -OCH3 is 1. The number of rotatable bonds is 9. The van der Waals surface area contributed by atoms with E-state index in [2.05, 4.69) is 5.32 Å². The van der Waals surface area contributed by atoms with Crippen LogP contribution in [0.3, 0.4) is 0 Å². The summed E-state index contributed by atoms with van der Waals surface area (Å²) < 4.78 is 30.8. The molecule has 0 atom stereocenters. The smallest absolute Gasteiger partial charge is 0.232 e. The third-order valence-electron chi connectivity index (χ3n) is 4.14. The van der Waals surface area contributed by atoms with Gasteiger partial charge in [0.25, 0.3) is 0 Å². The van der Waals surface area contributed by atoms with Crippen LogP contribution in [-0.4, -0.2) is 40.8 Å². The molecule has 0 aliphatic rings. The maximum atomic E-state index is 12.2. The highest BCUT2D eigenvalue weighted by molar-refractivity contribution is 7.92. The molecule has 0 spiro atoms. The number of sulfonamides is 1. The van der Waals surface area contributed by atoms with E-state index in [1.807, 2.05) is 37.3 Å². The normalized spacial score (nSPS) is 11.1. The molecule has 0 radical (unpaired) electrons. The van der Waals surface area contributed by atoms with Gasteiger partial charge in [-0.05, 0) is 42.7 Å². The van der Waals surface area contributed by atoms with E-state index in [0.29, 0.717) is 18.7 Å². The monoisotopic (exact) mass is 390 g/mol. The largest absolute Gasteiger partial charge is 0.496 e. The van der Waals surface area contributed by atoms with Gasteiger partial charge in [-0.3, -0.25) is 9.10 Å². The van der Waals surface area contributed by atoms with Crippen molar-refractivity contribution >= 4 is 21.6 Å². The van der Waals surface area contributed by atoms with Crippen molar-refractivity contribution < 1.29 is 17.9 Å². The number of hydrogen-bond donors (Lipinski definition) is 1. The minimum Gasteiger partial charge on any atom is -0.496 e. The van der Waals surface area contributed by atoms with Crippen LogP contribution in [0.4, 0.5) is 5.69 Å². The number of ether oxygens (including phenoxy) is 1. The molecule has 0 unspecified atom stereocenters. The summed E-state index contributed by atoms with van der Waals surface area (Å²) in [4.78, 5) is 12.2. The fourth-order valence-electron chi connectivity index (χ4n) is 2.81. The molecule has 0 saturated carbocycles. The van der Waals surface area contributed by atoms with E-state index in [0.717, 1.165) is 23.1 Å². The van der Waals surface area contributed by atoms with Gasteiger partial charge in [-0.1, -0.05) is 30.3 Å². The Bertz CT molecular complexity index is 881. The average molecular weight is 391 g/mol. The van der Waals surface area contributed by atoms with Crippen LogP contribution in [0.15, 0.2) is 48.5 Å². The number of nitrogens with one attached hydrogen (secondary N) is 1. The van der Waals surface area contributed by atoms with E-state index >= 15 is 0 Å². The van der Waals surface area contributed by atoms with Crippen LogP contribution in [0.2, 0.25) is 0 Å². The maximum absolute atomic E-state index is 12.2. The Kier molecular flexibility index (Phi) is 7.24. The van der Waals surface area contributed by atoms with Crippen LogP contribution >= 0.6 is 0 Å². The topological polar surface area (TPSA) is 75.7 Å². The van der Waals surface area contributed by atoms with Gasteiger partial charge >= 0.3 is 0 Å². The van der Waals surface area contributed by atoms with Crippen molar-refractivity contribution in [3.63, 3.8) is 0 Å². The minimum atomic E-state index is -3.47. The van der Waals surface area contributed by atoms with Crippen molar-refractivity contribution in [3.05, 3.63) is 59.7 Å². The van der Waals surface area contributed by atoms with Gasteiger partial charge in [-0.2, -0.15) is 0 Å². The number of benzene rings is 2. The van der Waals surface area contributed by atoms with Crippen LogP contribution in [0.5, 0.6) is 5.75 Å². The fraction of sp³-hybridized carbons (Fsp3) is 0.350. The summed E-state index contributed by atoms with van der Waals surface area (Å²) in [6.45, 7) is 2.46. The molecule has 27 heavy (non-hydrogen) atoms. The summed E-state index contributed by atoms with van der Waals surface area (Å²) in [6.07, 6.45) is 1.88. The highest BCUT2D eigenvalue weighted by Gasteiger charge is 2.18. The molecule has 0 bridgehead atoms. The van der Waals surface area contributed by atoms with Gasteiger partial charge < -0.3 is 10.1 Å². The number of anilines is 1. The lowest BCUT2D eigenvalue weighted by molar-refractivity contribution is -0.120. The lowest BCUT2D eigenvalue weighted by Crippen LogP contribution is -2.35. The molecule has 0 aliphatic carbocycles. The summed E-state index contributed by atoms with van der Waals surface area (Å²) >= 11 is 0. The van der Waals surface area contributed by atoms with Gasteiger partial charge in [-0.25, -0.2) is 8.42 Å². The van der Waals surface area contributed by atoms with E-state index in [-0.39, 0.29) is 18.9 Å². The Morgan fingerprint density at radius 2 is 1.89 bits per heavy atom. The molecule has 0 aromatic heterocycles. The van der Waals surface area contributed by atoms with Crippen molar-refractivity contribution in [1.29, 1.82) is 0 Å². The molecular weight excluding hydrogens is 364 g/mol. The SMILES string of the molecule is COc1ccccc1CCNC(=O)CCN(c1cccc(C)c1)S(C)(=O)=O. The number of carbonyl (C=O) groups excluding carboxylic acids is 1. The van der Waals surface area contributed by atoms with Crippen LogP contribution in [0.1, 0.15) is 17.5 Å². The molecule has 0 fully saturated rings. The Balaban J connectivity index is 1.90. The van der Waals surface area contributed by atoms with E-state index in [1.165, 1.54) is 4.31 Å². The first-order chi connectivity index (χ1) is 12.8. The van der Waals surface area contributed by atoms with Crippen molar-refractivity contribution in [1.82, 2.24) is 5.32 Å². The van der Waals surface area contributed by atoms with E-state index < -0.39 is 10.0 Å². The Morgan fingerprint density at radius 1 is 1.15 bits per heavy atom. The highest BCUT2D eigenvalue weighted by atomic mass is 32.2. The molecule has 1 N–H and O–H groups in total. The standard InChI is InChI=1S/C20H26N2O4S/c1-16-7-6-9-18(15-16)22(27(3,24)25)14-12-20(23)21-13-11-17-8-4-5-10-19(17)26-2/h4-10,15H,11-14H2,1-3H3,(H,21,23). The van der Waals surface area contributed by atoms with Crippen LogP contribution in [0.25, 0.3) is 0 Å². The average Bonchev–Trinajstić information content (AvgIpc) is 2.61. The van der Waals surface area contributed by atoms with Gasteiger partial charge in [0.15, 0.2) is 0 Å². The van der Waals surface area contributed by atoms with Crippen LogP contribution in [0, 0.1) is 6.92 Å². The van der Waals surface area contributed by atoms with Gasteiger partial charge in [0.05, 0.1) is 19.1 Å². The maximum Gasteiger partial charge on any atom is 0.232 e. The number of para-hydroxylation sites is 1. The van der Waals surface area contributed by atoms with Crippen LogP contribution in [-0.2, 0) is 21.2 Å². The third kappa shape index (κ3) is 6.29. The van der Waals surface area contributed by atoms with Crippen molar-refractivity contribution in [2.45, 2.75) is 19.8 Å². The molecule has 2 aromatic rings. The molecular formula is C20H26N2O4S. The first-order valence-corrected chi connectivity index (χ1v) is 10.6. The van der Waals surface area contributed by atoms with Crippen LogP contribution < -0.4 is 14.4 Å². The molecule has 6 nitrogen and oxygen atoms in total. The number of amides is 1. The van der Waals surface area contributed by atoms with Crippen molar-refractivity contribution in [3.8, 4) is 5.75 Å². The molecule has 0 saturated heterocycles. The predicted octanol–water partition coefficient (Wildman–Crippen LogP) is 2.52. The molecule has 146 valence electrons. The number of hydrogen-bond acceptors (Lipinski definition) is 4. The van der Waals surface area contributed by atoms with Gasteiger partial charge in [-0.15, -0.1) is 0 Å². The van der Waals surface area contributed by atoms with E-state index in [9.17, 15) is 13.2 Å². The second-order valence-electron chi connectivity index (χ2n) is 6.34. The summed E-state index contributed by atoms with van der Waals surface area (Å²) in [6, 6.07) is 14.9. The first kappa shape index (κ1) is 20.8. The third-order valence-corrected chi connectivity index (χ3v) is 5.34. The fourth-order valence-corrected chi connectivity index (χ4v) is 3.73. The second-order valence-corrected chi connectivity index (χ2v) is 8.24.